The zero-order valence-corrected chi connectivity index (χ0v) is 21.2. The Morgan fingerprint density at radius 1 is 1.14 bits per heavy atom. The van der Waals surface area contributed by atoms with Gasteiger partial charge in [-0.2, -0.15) is 5.10 Å². The largest absolute Gasteiger partial charge is 0.497 e. The van der Waals surface area contributed by atoms with Gasteiger partial charge in [0, 0.05) is 5.56 Å². The second-order valence-corrected chi connectivity index (χ2v) is 11.4. The molecule has 1 N–H and O–H groups in total. The maximum absolute atomic E-state index is 13.6. The number of nitrogens with zero attached hydrogens (tertiary/aromatic N) is 3. The molecule has 186 valence electrons. The molecule has 0 spiro atoms. The van der Waals surface area contributed by atoms with Gasteiger partial charge in [-0.25, -0.2) is 18.1 Å². The summed E-state index contributed by atoms with van der Waals surface area (Å²) in [6.07, 6.45) is 0.472. The second-order valence-electron chi connectivity index (χ2n) is 9.17. The van der Waals surface area contributed by atoms with Gasteiger partial charge in [0.05, 0.1) is 53.0 Å². The smallest absolute Gasteiger partial charge is 0.252 e. The van der Waals surface area contributed by atoms with Gasteiger partial charge in [0.2, 0.25) is 0 Å². The van der Waals surface area contributed by atoms with Crippen molar-refractivity contribution in [3.8, 4) is 17.0 Å². The molecule has 36 heavy (non-hydrogen) atoms. The number of nitrogens with one attached hydrogen (secondary N) is 1. The van der Waals surface area contributed by atoms with E-state index < -0.39 is 9.84 Å². The third kappa shape index (κ3) is 4.58. The Morgan fingerprint density at radius 2 is 1.86 bits per heavy atom. The zero-order chi connectivity index (χ0) is 25.4. The fraction of sp³-hybridized carbons (Fsp3) is 0.296. The van der Waals surface area contributed by atoms with Gasteiger partial charge in [0.25, 0.3) is 5.91 Å². The van der Waals surface area contributed by atoms with E-state index in [4.69, 9.17) is 9.72 Å². The summed E-state index contributed by atoms with van der Waals surface area (Å²) in [7, 11) is -1.52. The van der Waals surface area contributed by atoms with Crippen LogP contribution in [0, 0.1) is 6.92 Å². The number of hydrogen-bond acceptors (Lipinski definition) is 6. The number of rotatable bonds is 6. The number of carbonyl (C=O) groups is 1. The summed E-state index contributed by atoms with van der Waals surface area (Å²) in [5.74, 6) is 0.615. The molecule has 0 saturated carbocycles. The van der Waals surface area contributed by atoms with Crippen molar-refractivity contribution in [2.45, 2.75) is 32.4 Å². The first-order valence-electron chi connectivity index (χ1n) is 11.9. The highest BCUT2D eigenvalue weighted by atomic mass is 32.2. The number of aromatic nitrogens is 3. The molecule has 1 saturated heterocycles. The number of pyridine rings is 1. The topological polar surface area (TPSA) is 103 Å². The SMILES string of the molecule is COc1ccc(-c2cc(C(=O)NC(C)c3ccccc3)c3c(C)nn(C4CCS(=O)(=O)C4)c3n2)cc1. The van der Waals surface area contributed by atoms with Crippen molar-refractivity contribution in [1.29, 1.82) is 0 Å². The van der Waals surface area contributed by atoms with Crippen LogP contribution in [-0.2, 0) is 9.84 Å². The van der Waals surface area contributed by atoms with Gasteiger partial charge in [0.15, 0.2) is 15.5 Å². The maximum atomic E-state index is 13.6. The van der Waals surface area contributed by atoms with Crippen LogP contribution in [0.4, 0.5) is 0 Å². The van der Waals surface area contributed by atoms with Crippen LogP contribution in [0.3, 0.4) is 0 Å². The highest BCUT2D eigenvalue weighted by molar-refractivity contribution is 7.91. The van der Waals surface area contributed by atoms with Crippen molar-refractivity contribution >= 4 is 26.8 Å². The van der Waals surface area contributed by atoms with E-state index in [1.807, 2.05) is 68.4 Å². The first-order valence-corrected chi connectivity index (χ1v) is 13.7. The predicted octanol–water partition coefficient (Wildman–Crippen LogP) is 4.27. The highest BCUT2D eigenvalue weighted by Crippen LogP contribution is 2.32. The van der Waals surface area contributed by atoms with E-state index >= 15 is 0 Å². The predicted molar refractivity (Wildman–Crippen MR) is 139 cm³/mol. The van der Waals surface area contributed by atoms with E-state index in [0.717, 1.165) is 11.1 Å². The zero-order valence-electron chi connectivity index (χ0n) is 20.4. The molecule has 1 fully saturated rings. The molecule has 5 rings (SSSR count). The van der Waals surface area contributed by atoms with Gasteiger partial charge < -0.3 is 10.1 Å². The average molecular weight is 505 g/mol. The molecule has 9 heteroatoms. The second kappa shape index (κ2) is 9.39. The summed E-state index contributed by atoms with van der Waals surface area (Å²) in [5.41, 5.74) is 4.02. The summed E-state index contributed by atoms with van der Waals surface area (Å²) in [6.45, 7) is 3.77. The number of methoxy groups -OCH3 is 1. The molecule has 2 unspecified atom stereocenters. The molecule has 0 radical (unpaired) electrons. The minimum Gasteiger partial charge on any atom is -0.497 e. The summed E-state index contributed by atoms with van der Waals surface area (Å²) in [4.78, 5) is 18.5. The number of aryl methyl sites for hydroxylation is 1. The van der Waals surface area contributed by atoms with Gasteiger partial charge in [-0.1, -0.05) is 30.3 Å². The van der Waals surface area contributed by atoms with Gasteiger partial charge >= 0.3 is 0 Å². The van der Waals surface area contributed by atoms with Crippen molar-refractivity contribution < 1.29 is 17.9 Å². The summed E-state index contributed by atoms with van der Waals surface area (Å²) in [5, 5.41) is 8.40. The molecule has 0 bridgehead atoms. The Hall–Kier alpha value is -3.72. The van der Waals surface area contributed by atoms with Crippen LogP contribution in [0.15, 0.2) is 60.7 Å². The van der Waals surface area contributed by atoms with E-state index in [1.54, 1.807) is 17.9 Å². The van der Waals surface area contributed by atoms with Gasteiger partial charge in [-0.15, -0.1) is 0 Å². The van der Waals surface area contributed by atoms with Crippen LogP contribution >= 0.6 is 0 Å². The van der Waals surface area contributed by atoms with Crippen molar-refractivity contribution in [2.75, 3.05) is 18.6 Å². The van der Waals surface area contributed by atoms with Crippen molar-refractivity contribution in [3.05, 3.63) is 77.5 Å². The van der Waals surface area contributed by atoms with E-state index in [2.05, 4.69) is 10.4 Å². The first kappa shape index (κ1) is 24.0. The molecular formula is C27H28N4O4S. The number of amides is 1. The van der Waals surface area contributed by atoms with Crippen LogP contribution in [0.25, 0.3) is 22.3 Å². The number of ether oxygens (including phenoxy) is 1. The van der Waals surface area contributed by atoms with Crippen LogP contribution in [-0.4, -0.2) is 47.7 Å². The Morgan fingerprint density at radius 3 is 2.50 bits per heavy atom. The summed E-state index contributed by atoms with van der Waals surface area (Å²) >= 11 is 0. The molecule has 2 aromatic heterocycles. The van der Waals surface area contributed by atoms with Crippen molar-refractivity contribution in [2.24, 2.45) is 0 Å². The number of sulfone groups is 1. The Balaban J connectivity index is 1.63. The lowest BCUT2D eigenvalue weighted by Gasteiger charge is -2.16. The monoisotopic (exact) mass is 504 g/mol. The lowest BCUT2D eigenvalue weighted by Crippen LogP contribution is -2.27. The average Bonchev–Trinajstić information content (AvgIpc) is 3.42. The van der Waals surface area contributed by atoms with Crippen molar-refractivity contribution in [3.63, 3.8) is 0 Å². The summed E-state index contributed by atoms with van der Waals surface area (Å²) in [6, 6.07) is 18.5. The molecule has 1 amide bonds. The fourth-order valence-corrected chi connectivity index (χ4v) is 6.42. The molecule has 0 aliphatic carbocycles. The third-order valence-corrected chi connectivity index (χ3v) is 8.42. The molecule has 2 aromatic carbocycles. The number of fused-ring (bicyclic) bond motifs is 1. The van der Waals surface area contributed by atoms with E-state index in [0.29, 0.717) is 40.2 Å². The van der Waals surface area contributed by atoms with Crippen LogP contribution < -0.4 is 10.1 Å². The minimum atomic E-state index is -3.13. The van der Waals surface area contributed by atoms with Crippen LogP contribution in [0.1, 0.15) is 47.0 Å². The van der Waals surface area contributed by atoms with Crippen LogP contribution in [0.2, 0.25) is 0 Å². The lowest BCUT2D eigenvalue weighted by atomic mass is 10.0. The number of benzene rings is 2. The first-order chi connectivity index (χ1) is 17.3. The summed E-state index contributed by atoms with van der Waals surface area (Å²) < 4.78 is 31.4. The van der Waals surface area contributed by atoms with Crippen LogP contribution in [0.5, 0.6) is 5.75 Å². The molecular weight excluding hydrogens is 476 g/mol. The van der Waals surface area contributed by atoms with E-state index in [1.165, 1.54) is 0 Å². The normalized spacial score (nSPS) is 17.7. The molecule has 8 nitrogen and oxygen atoms in total. The molecule has 3 heterocycles. The fourth-order valence-electron chi connectivity index (χ4n) is 4.72. The Kier molecular flexibility index (Phi) is 6.26. The molecule has 1 aliphatic heterocycles. The van der Waals surface area contributed by atoms with Gasteiger partial charge in [-0.3, -0.25) is 4.79 Å². The standard InChI is InChI=1S/C27H28N4O4S/c1-17(19-7-5-4-6-8-19)28-27(32)23-15-24(20-9-11-22(35-3)12-10-20)29-26-25(23)18(2)30-31(26)21-13-14-36(33,34)16-21/h4-12,15,17,21H,13-14,16H2,1-3H3,(H,28,32). The molecule has 4 aromatic rings. The molecule has 2 atom stereocenters. The lowest BCUT2D eigenvalue weighted by molar-refractivity contribution is 0.0941. The maximum Gasteiger partial charge on any atom is 0.252 e. The number of carbonyl (C=O) groups excluding carboxylic acids is 1. The van der Waals surface area contributed by atoms with E-state index in [9.17, 15) is 13.2 Å². The van der Waals surface area contributed by atoms with E-state index in [-0.39, 0.29) is 29.5 Å². The quantitative estimate of drug-likeness (QED) is 0.421. The Bertz CT molecular complexity index is 1530. The van der Waals surface area contributed by atoms with Crippen molar-refractivity contribution in [1.82, 2.24) is 20.1 Å². The Labute approximate surface area is 210 Å². The van der Waals surface area contributed by atoms with Gasteiger partial charge in [-0.05, 0) is 56.2 Å². The highest BCUT2D eigenvalue weighted by Gasteiger charge is 2.32. The minimum absolute atomic E-state index is 0.0181. The van der Waals surface area contributed by atoms with Gasteiger partial charge in [0.1, 0.15) is 5.75 Å². The molecule has 1 aliphatic rings. The third-order valence-electron chi connectivity index (χ3n) is 6.67. The number of hydrogen-bond donors (Lipinski definition) is 1.